The predicted octanol–water partition coefficient (Wildman–Crippen LogP) is 0.817. The quantitative estimate of drug-likeness (QED) is 0.254. The number of rotatable bonds is 4. The van der Waals surface area contributed by atoms with E-state index in [1.54, 1.807) is 30.6 Å². The minimum atomic E-state index is -0.386. The molecule has 0 aliphatic rings. The Balaban J connectivity index is 0.00000208. The van der Waals surface area contributed by atoms with Crippen molar-refractivity contribution in [2.24, 2.45) is 7.05 Å². The lowest BCUT2D eigenvalue weighted by atomic mass is 10.2. The van der Waals surface area contributed by atoms with Gasteiger partial charge in [-0.3, -0.25) is 10.1 Å². The van der Waals surface area contributed by atoms with E-state index in [0.717, 1.165) is 26.5 Å². The summed E-state index contributed by atoms with van der Waals surface area (Å²) in [6.45, 7) is 0. The third-order valence-corrected chi connectivity index (χ3v) is 4.76. The van der Waals surface area contributed by atoms with Crippen LogP contribution in [0.3, 0.4) is 0 Å². The first-order valence-electron chi connectivity index (χ1n) is 6.97. The van der Waals surface area contributed by atoms with Gasteiger partial charge in [-0.2, -0.15) is 4.57 Å². The van der Waals surface area contributed by atoms with Crippen molar-refractivity contribution in [1.29, 1.82) is 0 Å². The molecule has 0 atom stereocenters. The van der Waals surface area contributed by atoms with Gasteiger partial charge in [0.05, 0.1) is 18.1 Å². The summed E-state index contributed by atoms with van der Waals surface area (Å²) in [7, 11) is 3.64. The summed E-state index contributed by atoms with van der Waals surface area (Å²) in [6, 6.07) is 12.6. The molecule has 124 valence electrons. The molecule has 3 rings (SSSR count). The second kappa shape index (κ2) is 7.71. The van der Waals surface area contributed by atoms with Crippen molar-refractivity contribution in [3.05, 3.63) is 63.1 Å². The van der Waals surface area contributed by atoms with Gasteiger partial charge in [0.1, 0.15) is 17.5 Å². The highest BCUT2D eigenvalue weighted by Crippen LogP contribution is 2.25. The van der Waals surface area contributed by atoms with Crippen molar-refractivity contribution in [2.75, 3.05) is 7.11 Å². The average Bonchev–Trinajstić information content (AvgIpc) is 2.89. The largest absolute Gasteiger partial charge is 1.00 e. The molecule has 1 aromatic heterocycles. The van der Waals surface area contributed by atoms with Gasteiger partial charge in [0.15, 0.2) is 0 Å². The Labute approximate surface area is 160 Å². The summed E-state index contributed by atoms with van der Waals surface area (Å²) in [5.74, 6) is 0.820. The van der Waals surface area contributed by atoms with Crippen LogP contribution in [-0.4, -0.2) is 12.0 Å². The molecule has 1 heterocycles. The number of non-ortho nitro benzene ring substituents is 1. The fraction of sp³-hybridized carbons (Fsp3) is 0.118. The molecule has 5 nitrogen and oxygen atoms in total. The molecule has 0 fully saturated rings. The third kappa shape index (κ3) is 3.73. The van der Waals surface area contributed by atoms with E-state index >= 15 is 0 Å². The zero-order valence-corrected chi connectivity index (χ0v) is 16.1. The first kappa shape index (κ1) is 18.3. The van der Waals surface area contributed by atoms with E-state index in [4.69, 9.17) is 4.74 Å². The van der Waals surface area contributed by atoms with Crippen LogP contribution in [0, 0.1) is 10.1 Å². The van der Waals surface area contributed by atoms with E-state index in [1.165, 1.54) is 6.07 Å². The Hall–Kier alpha value is -2.00. The molecular formula is C17H15IN2O3S. The number of nitro groups is 1. The zero-order valence-electron chi connectivity index (χ0n) is 13.1. The summed E-state index contributed by atoms with van der Waals surface area (Å²) >= 11 is 1.66. The molecule has 0 bridgehead atoms. The molecule has 0 N–H and O–H groups in total. The number of hydrogen-bond acceptors (Lipinski definition) is 4. The van der Waals surface area contributed by atoms with Gasteiger partial charge in [-0.25, -0.2) is 0 Å². The SMILES string of the molecule is COc1ccc2sc(/C=C/c3cccc([N+](=O)[O-])c3)[n+](C)c2c1.[I-]. The minimum absolute atomic E-state index is 0. The Kier molecular flexibility index (Phi) is 5.89. The minimum Gasteiger partial charge on any atom is -1.00 e. The Morgan fingerprint density at radius 3 is 2.71 bits per heavy atom. The number of nitro benzene ring substituents is 1. The van der Waals surface area contributed by atoms with Gasteiger partial charge >= 0.3 is 0 Å². The molecule has 3 aromatic rings. The summed E-state index contributed by atoms with van der Waals surface area (Å²) in [6.07, 6.45) is 3.85. The fourth-order valence-electron chi connectivity index (χ4n) is 2.33. The maximum Gasteiger partial charge on any atom is 0.270 e. The van der Waals surface area contributed by atoms with Crippen molar-refractivity contribution in [3.63, 3.8) is 0 Å². The van der Waals surface area contributed by atoms with Gasteiger partial charge in [0, 0.05) is 18.2 Å². The molecule has 0 radical (unpaired) electrons. The van der Waals surface area contributed by atoms with Crippen LogP contribution in [0.15, 0.2) is 42.5 Å². The zero-order chi connectivity index (χ0) is 16.4. The van der Waals surface area contributed by atoms with E-state index in [-0.39, 0.29) is 34.6 Å². The summed E-state index contributed by atoms with van der Waals surface area (Å²) < 4.78 is 8.50. The lowest BCUT2D eigenvalue weighted by Crippen LogP contribution is -3.00. The Morgan fingerprint density at radius 2 is 2.00 bits per heavy atom. The van der Waals surface area contributed by atoms with Gasteiger partial charge in [-0.15, -0.1) is 0 Å². The highest BCUT2D eigenvalue weighted by atomic mass is 127. The summed E-state index contributed by atoms with van der Waals surface area (Å²) in [5, 5.41) is 11.9. The number of benzene rings is 2. The van der Waals surface area contributed by atoms with Gasteiger partial charge in [-0.05, 0) is 23.8 Å². The number of hydrogen-bond donors (Lipinski definition) is 0. The molecule has 0 amide bonds. The first-order valence-corrected chi connectivity index (χ1v) is 7.79. The molecule has 2 aromatic carbocycles. The van der Waals surface area contributed by atoms with E-state index in [9.17, 15) is 10.1 Å². The van der Waals surface area contributed by atoms with Crippen molar-refractivity contribution >= 4 is 39.4 Å². The second-order valence-corrected chi connectivity index (χ2v) is 6.08. The first-order chi connectivity index (χ1) is 11.1. The van der Waals surface area contributed by atoms with E-state index in [1.807, 2.05) is 43.5 Å². The molecule has 7 heteroatoms. The van der Waals surface area contributed by atoms with Crippen LogP contribution in [0.1, 0.15) is 10.6 Å². The highest BCUT2D eigenvalue weighted by Gasteiger charge is 2.15. The van der Waals surface area contributed by atoms with E-state index in [2.05, 4.69) is 4.57 Å². The Bertz CT molecular complexity index is 921. The number of aromatic nitrogens is 1. The number of methoxy groups -OCH3 is 1. The number of fused-ring (bicyclic) bond motifs is 1. The molecule has 0 unspecified atom stereocenters. The average molecular weight is 454 g/mol. The smallest absolute Gasteiger partial charge is 0.270 e. The molecule has 0 aliphatic heterocycles. The molecule has 24 heavy (non-hydrogen) atoms. The monoisotopic (exact) mass is 454 g/mol. The van der Waals surface area contributed by atoms with Crippen LogP contribution in [0.5, 0.6) is 5.75 Å². The van der Waals surface area contributed by atoms with Crippen LogP contribution in [0.2, 0.25) is 0 Å². The van der Waals surface area contributed by atoms with Gasteiger partial charge in [0.25, 0.3) is 10.7 Å². The number of thiazole rings is 1. The fourth-order valence-corrected chi connectivity index (χ4v) is 3.36. The third-order valence-electron chi connectivity index (χ3n) is 3.57. The Morgan fingerprint density at radius 1 is 1.21 bits per heavy atom. The van der Waals surface area contributed by atoms with E-state index in [0.29, 0.717) is 0 Å². The number of halogens is 1. The normalized spacial score (nSPS) is 10.8. The van der Waals surface area contributed by atoms with Crippen LogP contribution in [0.4, 0.5) is 5.69 Å². The van der Waals surface area contributed by atoms with Crippen LogP contribution in [-0.2, 0) is 7.05 Å². The van der Waals surface area contributed by atoms with Crippen molar-refractivity contribution in [1.82, 2.24) is 0 Å². The molecule has 0 saturated carbocycles. The van der Waals surface area contributed by atoms with Crippen LogP contribution >= 0.6 is 11.3 Å². The number of ether oxygens (including phenoxy) is 1. The van der Waals surface area contributed by atoms with Crippen molar-refractivity contribution in [2.45, 2.75) is 0 Å². The molecule has 0 saturated heterocycles. The molecule has 0 aliphatic carbocycles. The molecular weight excluding hydrogens is 439 g/mol. The molecule has 0 spiro atoms. The predicted molar refractivity (Wildman–Crippen MR) is 91.6 cm³/mol. The van der Waals surface area contributed by atoms with Gasteiger partial charge in [0.2, 0.25) is 5.52 Å². The van der Waals surface area contributed by atoms with Crippen LogP contribution < -0.4 is 33.3 Å². The van der Waals surface area contributed by atoms with Gasteiger partial charge < -0.3 is 28.7 Å². The summed E-state index contributed by atoms with van der Waals surface area (Å²) in [4.78, 5) is 10.4. The topological polar surface area (TPSA) is 56.3 Å². The standard InChI is InChI=1S/C17H15N2O3S.HI/c1-18-15-11-14(22-2)7-8-16(15)23-17(18)9-6-12-4-3-5-13(10-12)19(20)21;/h3-11H,1-2H3;1H/q+1;/p-1/b9-6+;. The summed E-state index contributed by atoms with van der Waals surface area (Å²) in [5.41, 5.74) is 1.99. The van der Waals surface area contributed by atoms with Crippen molar-refractivity contribution < 1.29 is 38.2 Å². The van der Waals surface area contributed by atoms with E-state index < -0.39 is 0 Å². The maximum atomic E-state index is 10.8. The maximum absolute atomic E-state index is 10.8. The lowest BCUT2D eigenvalue weighted by molar-refractivity contribution is -0.642. The second-order valence-electron chi connectivity index (χ2n) is 5.02. The van der Waals surface area contributed by atoms with Gasteiger partial charge in [-0.1, -0.05) is 23.5 Å². The van der Waals surface area contributed by atoms with Crippen molar-refractivity contribution in [3.8, 4) is 5.75 Å². The number of nitrogens with zero attached hydrogens (tertiary/aromatic N) is 2. The highest BCUT2D eigenvalue weighted by molar-refractivity contribution is 7.18. The lowest BCUT2D eigenvalue weighted by Gasteiger charge is -1.96. The van der Waals surface area contributed by atoms with Crippen LogP contribution in [0.25, 0.3) is 22.4 Å². The number of aryl methyl sites for hydroxylation is 1.